The van der Waals surface area contributed by atoms with Crippen LogP contribution in [0.5, 0.6) is 5.75 Å². The summed E-state index contributed by atoms with van der Waals surface area (Å²) in [5, 5.41) is 39.4. The highest BCUT2D eigenvalue weighted by molar-refractivity contribution is 6.58. The fourth-order valence-electron chi connectivity index (χ4n) is 6.47. The number of phenolic OH excluding ortho intramolecular Hbond substituents is 1. The van der Waals surface area contributed by atoms with Crippen molar-refractivity contribution in [3.05, 3.63) is 70.8 Å². The first-order chi connectivity index (χ1) is 18.7. The molecule has 0 bridgehead atoms. The van der Waals surface area contributed by atoms with Crippen LogP contribution in [0.15, 0.2) is 65.3 Å². The van der Waals surface area contributed by atoms with E-state index in [1.807, 2.05) is 19.1 Å². The highest BCUT2D eigenvalue weighted by atomic mass is 16.5. The van der Waals surface area contributed by atoms with E-state index in [9.17, 15) is 29.8 Å². The van der Waals surface area contributed by atoms with Gasteiger partial charge >= 0.3 is 14.2 Å². The second-order valence-electron chi connectivity index (χ2n) is 10.8. The summed E-state index contributed by atoms with van der Waals surface area (Å²) < 4.78 is 6.02. The van der Waals surface area contributed by atoms with Gasteiger partial charge in [-0.2, -0.15) is 0 Å². The van der Waals surface area contributed by atoms with Gasteiger partial charge in [0.25, 0.3) is 0 Å². The molecule has 2 saturated heterocycles. The second kappa shape index (κ2) is 11.1. The lowest BCUT2D eigenvalue weighted by molar-refractivity contribution is -0.122. The first-order valence-electron chi connectivity index (χ1n) is 13.5. The third-order valence-electron chi connectivity index (χ3n) is 8.32. The molecule has 1 aliphatic carbocycles. The molecule has 4 atom stereocenters. The molecule has 202 valence electrons. The predicted octanol–water partition coefficient (Wildman–Crippen LogP) is 2.67. The van der Waals surface area contributed by atoms with Gasteiger partial charge in [0, 0.05) is 0 Å². The molecule has 3 aliphatic rings. The summed E-state index contributed by atoms with van der Waals surface area (Å²) >= 11 is 0. The minimum Gasteiger partial charge on any atom is -0.508 e. The fourth-order valence-corrected chi connectivity index (χ4v) is 6.47. The van der Waals surface area contributed by atoms with Gasteiger partial charge in [-0.15, -0.1) is 0 Å². The van der Waals surface area contributed by atoms with Crippen LogP contribution in [-0.2, 0) is 14.2 Å². The van der Waals surface area contributed by atoms with Crippen molar-refractivity contribution in [3.8, 4) is 5.75 Å². The molecule has 4 N–H and O–H groups in total. The van der Waals surface area contributed by atoms with Gasteiger partial charge in [0.15, 0.2) is 0 Å². The molecule has 2 aromatic carbocycles. The summed E-state index contributed by atoms with van der Waals surface area (Å²) in [6, 6.07) is 13.2. The Balaban J connectivity index is 1.39. The highest BCUT2D eigenvalue weighted by Crippen LogP contribution is 2.51. The van der Waals surface area contributed by atoms with Crippen molar-refractivity contribution in [2.24, 2.45) is 17.8 Å². The van der Waals surface area contributed by atoms with Crippen molar-refractivity contribution in [2.75, 3.05) is 4.90 Å². The van der Waals surface area contributed by atoms with Crippen LogP contribution in [0.1, 0.15) is 45.1 Å². The number of phenols is 1. The molecule has 2 amide bonds. The molecule has 2 heterocycles. The Labute approximate surface area is 228 Å². The van der Waals surface area contributed by atoms with E-state index in [2.05, 4.69) is 13.0 Å². The fraction of sp³-hybridized carbons (Fsp3) is 0.379. The molecule has 39 heavy (non-hydrogen) atoms. The van der Waals surface area contributed by atoms with Crippen molar-refractivity contribution < 1.29 is 34.4 Å². The molecular weight excluding hydrogens is 496 g/mol. The van der Waals surface area contributed by atoms with Gasteiger partial charge in [-0.25, -0.2) is 0 Å². The van der Waals surface area contributed by atoms with Crippen LogP contribution < -0.4 is 10.4 Å². The Bertz CT molecular complexity index is 1320. The maximum Gasteiger partial charge on any atom is 0.488 e. The molecule has 2 aromatic rings. The van der Waals surface area contributed by atoms with Crippen LogP contribution in [0.3, 0.4) is 0 Å². The summed E-state index contributed by atoms with van der Waals surface area (Å²) in [6.07, 6.45) is 4.64. The Morgan fingerprint density at radius 2 is 1.87 bits per heavy atom. The van der Waals surface area contributed by atoms with Crippen molar-refractivity contribution >= 4 is 43.3 Å². The molecule has 5 rings (SSSR count). The van der Waals surface area contributed by atoms with E-state index in [-0.39, 0.29) is 41.4 Å². The Morgan fingerprint density at radius 1 is 1.13 bits per heavy atom. The number of fused-ring (bicyclic) bond motifs is 3. The number of carbonyl (C=O) groups is 2. The average molecular weight is 529 g/mol. The van der Waals surface area contributed by atoms with Gasteiger partial charge in [-0.05, 0) is 85.7 Å². The smallest absolute Gasteiger partial charge is 0.488 e. The van der Waals surface area contributed by atoms with Gasteiger partial charge in [0.1, 0.15) is 5.75 Å². The van der Waals surface area contributed by atoms with Crippen molar-refractivity contribution in [3.63, 3.8) is 0 Å². The molecule has 2 aliphatic heterocycles. The van der Waals surface area contributed by atoms with Gasteiger partial charge in [-0.3, -0.25) is 14.5 Å². The molecular formula is C29H33B2NO7. The zero-order chi connectivity index (χ0) is 27.8. The SMILES string of the molecule is CC/C(=C\c1ccc(O)cc1)CC[C@H]1OB(O)C[C@H]2C1=C(C)C[C@H]1C(=O)N(c3cccc(B(O)O)c3)C(=O)[C@H]12. The van der Waals surface area contributed by atoms with Gasteiger partial charge in [0.05, 0.1) is 23.6 Å². The maximum atomic E-state index is 13.8. The largest absolute Gasteiger partial charge is 0.508 e. The molecule has 8 nitrogen and oxygen atoms in total. The molecule has 10 heteroatoms. The van der Waals surface area contributed by atoms with E-state index < -0.39 is 26.1 Å². The van der Waals surface area contributed by atoms with Gasteiger partial charge in [-0.1, -0.05) is 48.4 Å². The Kier molecular flexibility index (Phi) is 7.82. The first-order valence-corrected chi connectivity index (χ1v) is 13.5. The molecule has 0 spiro atoms. The molecule has 0 unspecified atom stereocenters. The van der Waals surface area contributed by atoms with Crippen LogP contribution in [-0.4, -0.2) is 52.3 Å². The summed E-state index contributed by atoms with van der Waals surface area (Å²) in [7, 11) is -2.75. The normalized spacial score (nSPS) is 25.2. The van der Waals surface area contributed by atoms with E-state index in [4.69, 9.17) is 4.65 Å². The van der Waals surface area contributed by atoms with E-state index in [1.54, 1.807) is 24.3 Å². The number of allylic oxidation sites excluding steroid dienone is 2. The Hall–Kier alpha value is -3.17. The molecule has 0 saturated carbocycles. The van der Waals surface area contributed by atoms with Gasteiger partial charge < -0.3 is 24.8 Å². The number of rotatable bonds is 7. The summed E-state index contributed by atoms with van der Waals surface area (Å²) in [5.74, 6) is -1.83. The number of hydrogen-bond donors (Lipinski definition) is 4. The number of benzene rings is 2. The van der Waals surface area contributed by atoms with Gasteiger partial charge in [0.2, 0.25) is 11.8 Å². The highest BCUT2D eigenvalue weighted by Gasteiger charge is 2.57. The monoisotopic (exact) mass is 529 g/mol. The standard InChI is InChI=1S/C29H33B2NO7/c1-3-18(14-19-7-10-22(33)11-8-19)9-12-25-26-17(2)13-23-27(24(26)16-30(36)39-25)29(35)32(28(23)34)21-6-4-5-20(15-21)31(37)38/h4-8,10-11,14-15,23-25,27,33,36-38H,3,9,12-13,16H2,1-2H3/b18-14+/t23-,24+,25-,27-/m1/s1. The number of hydrogen-bond acceptors (Lipinski definition) is 7. The van der Waals surface area contributed by atoms with E-state index >= 15 is 0 Å². The van der Waals surface area contributed by atoms with E-state index in [1.165, 1.54) is 22.6 Å². The first kappa shape index (κ1) is 27.4. The zero-order valence-electron chi connectivity index (χ0n) is 22.2. The van der Waals surface area contributed by atoms with E-state index in [0.717, 1.165) is 29.6 Å². The van der Waals surface area contributed by atoms with Crippen LogP contribution >= 0.6 is 0 Å². The number of imide groups is 1. The topological polar surface area (TPSA) is 128 Å². The van der Waals surface area contributed by atoms with Crippen LogP contribution in [0.2, 0.25) is 6.32 Å². The van der Waals surface area contributed by atoms with Crippen molar-refractivity contribution in [1.82, 2.24) is 0 Å². The van der Waals surface area contributed by atoms with Crippen LogP contribution in [0.4, 0.5) is 5.69 Å². The summed E-state index contributed by atoms with van der Waals surface area (Å²) in [4.78, 5) is 28.4. The quantitative estimate of drug-likeness (QED) is 0.247. The zero-order valence-corrected chi connectivity index (χ0v) is 22.2. The number of aromatic hydroxyl groups is 1. The molecule has 0 radical (unpaired) electrons. The van der Waals surface area contributed by atoms with Crippen LogP contribution in [0.25, 0.3) is 6.08 Å². The third-order valence-corrected chi connectivity index (χ3v) is 8.32. The number of nitrogens with zero attached hydrogens (tertiary/aromatic N) is 1. The minimum absolute atomic E-state index is 0.201. The lowest BCUT2D eigenvalue weighted by Crippen LogP contribution is -2.46. The molecule has 2 fully saturated rings. The van der Waals surface area contributed by atoms with Crippen LogP contribution in [0, 0.1) is 17.8 Å². The maximum absolute atomic E-state index is 13.8. The molecule has 0 aromatic heterocycles. The Morgan fingerprint density at radius 3 is 2.56 bits per heavy atom. The number of carbonyl (C=O) groups excluding carboxylic acids is 2. The lowest BCUT2D eigenvalue weighted by Gasteiger charge is -2.42. The van der Waals surface area contributed by atoms with Crippen molar-refractivity contribution in [2.45, 2.75) is 52.0 Å². The summed E-state index contributed by atoms with van der Waals surface area (Å²) in [6.45, 7) is 4.08. The second-order valence-corrected chi connectivity index (χ2v) is 10.8. The number of amides is 2. The minimum atomic E-state index is -1.71. The lowest BCUT2D eigenvalue weighted by atomic mass is 9.59. The number of anilines is 1. The average Bonchev–Trinajstić information content (AvgIpc) is 3.16. The third kappa shape index (κ3) is 5.34. The predicted molar refractivity (Wildman–Crippen MR) is 150 cm³/mol. The summed E-state index contributed by atoms with van der Waals surface area (Å²) in [5.41, 5.74) is 4.77. The van der Waals surface area contributed by atoms with E-state index in [0.29, 0.717) is 18.5 Å². The van der Waals surface area contributed by atoms with Crippen molar-refractivity contribution in [1.29, 1.82) is 0 Å².